The molecular weight excluding hydrogens is 266 g/mol. The zero-order valence-corrected chi connectivity index (χ0v) is 13.4. The van der Waals surface area contributed by atoms with E-state index in [1.165, 1.54) is 6.92 Å². The molecule has 3 rings (SSSR count). The predicted molar refractivity (Wildman–Crippen MR) is 97.8 cm³/mol. The number of hydrogen-bond acceptors (Lipinski definition) is 0. The van der Waals surface area contributed by atoms with Crippen molar-refractivity contribution in [1.82, 2.24) is 4.57 Å². The fraction of sp³-hybridized carbons (Fsp3) is 0.429. The van der Waals surface area contributed by atoms with Crippen LogP contribution < -0.4 is 0 Å². The molecule has 0 fully saturated rings. The second-order valence-electron chi connectivity index (χ2n) is 6.77. The molecule has 2 aromatic carbocycles. The van der Waals surface area contributed by atoms with Crippen LogP contribution in [-0.4, -0.2) is 4.57 Å². The van der Waals surface area contributed by atoms with E-state index in [4.69, 9.17) is 12.3 Å². The van der Waals surface area contributed by atoms with Gasteiger partial charge in [-0.05, 0) is 46.2 Å². The maximum absolute atomic E-state index is 7.95. The molecule has 0 aliphatic heterocycles. The summed E-state index contributed by atoms with van der Waals surface area (Å²) in [7, 11) is 1.87. The molecule has 0 spiro atoms. The molecule has 1 heteroatoms. The standard InChI is InChI=1S/C21H27N/c1-20(2,3)14-8-10-18-16(12-14)17-13-15(21(4,5)6)9-11-19(17)22(18)7/h8-13H,1-7H3/i1D3,2D3,4D3. The molecule has 0 aliphatic rings. The van der Waals surface area contributed by atoms with E-state index in [9.17, 15) is 0 Å². The summed E-state index contributed by atoms with van der Waals surface area (Å²) < 4.78 is 73.3. The van der Waals surface area contributed by atoms with Gasteiger partial charge >= 0.3 is 0 Å². The minimum atomic E-state index is -2.75. The maximum atomic E-state index is 7.95. The van der Waals surface area contributed by atoms with Gasteiger partial charge in [0.2, 0.25) is 0 Å². The van der Waals surface area contributed by atoms with Crippen LogP contribution in [0, 0.1) is 0 Å². The van der Waals surface area contributed by atoms with Crippen LogP contribution >= 0.6 is 0 Å². The highest BCUT2D eigenvalue weighted by Crippen LogP contribution is 2.35. The van der Waals surface area contributed by atoms with Crippen LogP contribution in [-0.2, 0) is 17.9 Å². The predicted octanol–water partition coefficient (Wildman–Crippen LogP) is 5.93. The Kier molecular flexibility index (Phi) is 1.61. The van der Waals surface area contributed by atoms with E-state index in [0.717, 1.165) is 16.4 Å². The van der Waals surface area contributed by atoms with Crippen LogP contribution in [0.2, 0.25) is 0 Å². The molecule has 0 bridgehead atoms. The highest BCUT2D eigenvalue weighted by molar-refractivity contribution is 6.08. The SMILES string of the molecule is [2H]C([2H])([2H])C(C)(C)c1ccc2c(c1)c1cc(C(C)(C([2H])([2H])[2H])C([2H])([2H])[2H])ccc1n2C. The molecule has 0 saturated carbocycles. The van der Waals surface area contributed by atoms with Gasteiger partial charge in [0.1, 0.15) is 0 Å². The number of nitrogens with zero attached hydrogens (tertiary/aromatic N) is 1. The van der Waals surface area contributed by atoms with Gasteiger partial charge in [0.05, 0.1) is 0 Å². The first-order valence-corrected chi connectivity index (χ1v) is 7.37. The second-order valence-corrected chi connectivity index (χ2v) is 6.77. The first-order valence-electron chi connectivity index (χ1n) is 11.9. The average Bonchev–Trinajstić information content (AvgIpc) is 2.90. The Bertz CT molecular complexity index is 1130. The lowest BCUT2D eigenvalue weighted by Gasteiger charge is -2.19. The van der Waals surface area contributed by atoms with Crippen molar-refractivity contribution in [2.45, 2.75) is 52.2 Å². The summed E-state index contributed by atoms with van der Waals surface area (Å²) in [6, 6.07) is 10.4. The van der Waals surface area contributed by atoms with Crippen LogP contribution in [0.1, 0.15) is 64.8 Å². The molecule has 0 unspecified atom stereocenters. The Morgan fingerprint density at radius 3 is 1.68 bits per heavy atom. The molecule has 3 aromatic rings. The summed E-state index contributed by atoms with van der Waals surface area (Å²) in [6.45, 7) is -3.12. The number of hydrogen-bond donors (Lipinski definition) is 0. The van der Waals surface area contributed by atoms with Crippen molar-refractivity contribution < 1.29 is 12.3 Å². The molecule has 0 atom stereocenters. The van der Waals surface area contributed by atoms with E-state index >= 15 is 0 Å². The van der Waals surface area contributed by atoms with Crippen LogP contribution in [0.4, 0.5) is 0 Å². The molecule has 1 aromatic heterocycles. The lowest BCUT2D eigenvalue weighted by Crippen LogP contribution is -2.10. The largest absolute Gasteiger partial charge is 0.344 e. The van der Waals surface area contributed by atoms with E-state index in [0.29, 0.717) is 10.9 Å². The zero-order valence-electron chi connectivity index (χ0n) is 22.4. The van der Waals surface area contributed by atoms with Gasteiger partial charge in [0.25, 0.3) is 0 Å². The fourth-order valence-corrected chi connectivity index (χ4v) is 2.92. The van der Waals surface area contributed by atoms with Crippen molar-refractivity contribution >= 4 is 21.8 Å². The lowest BCUT2D eigenvalue weighted by atomic mass is 9.85. The summed E-state index contributed by atoms with van der Waals surface area (Å²) in [5.74, 6) is 0. The number of rotatable bonds is 0. The van der Waals surface area contributed by atoms with Gasteiger partial charge in [-0.25, -0.2) is 0 Å². The fourth-order valence-electron chi connectivity index (χ4n) is 2.92. The minimum absolute atomic E-state index is 0.202. The molecule has 22 heavy (non-hydrogen) atoms. The van der Waals surface area contributed by atoms with Crippen molar-refractivity contribution in [3.05, 3.63) is 47.5 Å². The Morgan fingerprint density at radius 1 is 0.773 bits per heavy atom. The van der Waals surface area contributed by atoms with Gasteiger partial charge in [-0.2, -0.15) is 0 Å². The normalized spacial score (nSPS) is 21.0. The number of fused-ring (bicyclic) bond motifs is 3. The van der Waals surface area contributed by atoms with E-state index < -0.39 is 31.4 Å². The Labute approximate surface area is 146 Å². The quantitative estimate of drug-likeness (QED) is 0.485. The smallest absolute Gasteiger partial charge is 0.0488 e. The summed E-state index contributed by atoms with van der Waals surface area (Å²) in [6.07, 6.45) is 0. The Hall–Kier alpha value is -1.76. The average molecular weight is 303 g/mol. The molecule has 1 nitrogen and oxygen atoms in total. The first-order chi connectivity index (χ1) is 13.8. The van der Waals surface area contributed by atoms with Gasteiger partial charge < -0.3 is 4.57 Å². The van der Waals surface area contributed by atoms with E-state index in [-0.39, 0.29) is 5.56 Å². The van der Waals surface area contributed by atoms with Gasteiger partial charge in [-0.15, -0.1) is 0 Å². The summed E-state index contributed by atoms with van der Waals surface area (Å²) >= 11 is 0. The van der Waals surface area contributed by atoms with Crippen LogP contribution in [0.25, 0.3) is 21.8 Å². The summed E-state index contributed by atoms with van der Waals surface area (Å²) in [5.41, 5.74) is -0.651. The van der Waals surface area contributed by atoms with E-state index in [1.807, 2.05) is 23.7 Å². The molecule has 116 valence electrons. The van der Waals surface area contributed by atoms with Crippen LogP contribution in [0.5, 0.6) is 0 Å². The van der Waals surface area contributed by atoms with Crippen molar-refractivity contribution in [2.24, 2.45) is 7.05 Å². The first kappa shape index (κ1) is 7.68. The maximum Gasteiger partial charge on any atom is 0.0488 e. The summed E-state index contributed by atoms with van der Waals surface area (Å²) in [4.78, 5) is 0. The molecule has 1 heterocycles. The van der Waals surface area contributed by atoms with Crippen molar-refractivity contribution in [2.75, 3.05) is 0 Å². The van der Waals surface area contributed by atoms with E-state index in [1.54, 1.807) is 38.1 Å². The third-order valence-corrected chi connectivity index (χ3v) is 4.31. The molecule has 0 radical (unpaired) electrons. The number of aromatic nitrogens is 1. The Balaban J connectivity index is 2.37. The van der Waals surface area contributed by atoms with Crippen molar-refractivity contribution in [1.29, 1.82) is 0 Å². The van der Waals surface area contributed by atoms with Crippen molar-refractivity contribution in [3.63, 3.8) is 0 Å². The highest BCUT2D eigenvalue weighted by Gasteiger charge is 2.18. The number of aryl methyl sites for hydroxylation is 1. The van der Waals surface area contributed by atoms with Crippen molar-refractivity contribution in [3.8, 4) is 0 Å². The molecule has 0 aliphatic carbocycles. The third kappa shape index (κ3) is 2.33. The van der Waals surface area contributed by atoms with Crippen LogP contribution in [0.15, 0.2) is 36.4 Å². The van der Waals surface area contributed by atoms with Gasteiger partial charge in [-0.1, -0.05) is 53.5 Å². The van der Waals surface area contributed by atoms with E-state index in [2.05, 4.69) is 0 Å². The Morgan fingerprint density at radius 2 is 1.23 bits per heavy atom. The molecular formula is C21H27N. The molecule has 0 amide bonds. The monoisotopic (exact) mass is 302 g/mol. The lowest BCUT2D eigenvalue weighted by molar-refractivity contribution is 0.590. The summed E-state index contributed by atoms with van der Waals surface area (Å²) in [5, 5.41) is 1.45. The third-order valence-electron chi connectivity index (χ3n) is 4.31. The zero-order chi connectivity index (χ0) is 23.8. The van der Waals surface area contributed by atoms with Gasteiger partial charge in [0.15, 0.2) is 0 Å². The molecule has 0 saturated heterocycles. The molecule has 0 N–H and O–H groups in total. The number of benzene rings is 2. The highest BCUT2D eigenvalue weighted by atomic mass is 14.9. The van der Waals surface area contributed by atoms with Gasteiger partial charge in [0, 0.05) is 41.2 Å². The van der Waals surface area contributed by atoms with Crippen LogP contribution in [0.3, 0.4) is 0 Å². The topological polar surface area (TPSA) is 4.93 Å². The van der Waals surface area contributed by atoms with Gasteiger partial charge in [-0.3, -0.25) is 0 Å². The second kappa shape index (κ2) is 4.62. The minimum Gasteiger partial charge on any atom is -0.344 e.